The standard InChI is InChI=1S/C46H27N3O/c1-2-13-30(14-3-1)43-37-17-8-9-20-39(37)47-46(48-43)49-44-33-16-7-5-12-29(33)21-24-36(44)35-19-10-18-34(45(35)49)31-22-25-38-41(27-31)50-40-26-23-28-11-4-6-15-32(28)42(38)40/h1-27H. The molecule has 0 saturated heterocycles. The van der Waals surface area contributed by atoms with Crippen LogP contribution < -0.4 is 0 Å². The highest BCUT2D eigenvalue weighted by Gasteiger charge is 2.22. The maximum atomic E-state index is 6.55. The van der Waals surface area contributed by atoms with E-state index in [0.717, 1.165) is 82.4 Å². The van der Waals surface area contributed by atoms with Crippen LogP contribution in [0.25, 0.3) is 105 Å². The lowest BCUT2D eigenvalue weighted by atomic mass is 9.99. The topological polar surface area (TPSA) is 43.9 Å². The first kappa shape index (κ1) is 27.2. The van der Waals surface area contributed by atoms with E-state index in [1.165, 1.54) is 16.2 Å². The number of hydrogen-bond donors (Lipinski definition) is 0. The Hall–Kier alpha value is -6.78. The summed E-state index contributed by atoms with van der Waals surface area (Å²) in [6.07, 6.45) is 0. The van der Waals surface area contributed by atoms with Gasteiger partial charge in [0.2, 0.25) is 5.95 Å². The number of furan rings is 1. The van der Waals surface area contributed by atoms with Gasteiger partial charge >= 0.3 is 0 Å². The molecule has 0 radical (unpaired) electrons. The number of benzene rings is 8. The number of rotatable bonds is 3. The first-order valence-electron chi connectivity index (χ1n) is 16.9. The maximum Gasteiger partial charge on any atom is 0.235 e. The van der Waals surface area contributed by atoms with Crippen LogP contribution >= 0.6 is 0 Å². The molecule has 3 heterocycles. The smallest absolute Gasteiger partial charge is 0.235 e. The van der Waals surface area contributed by atoms with Crippen LogP contribution in [-0.4, -0.2) is 14.5 Å². The number of hydrogen-bond acceptors (Lipinski definition) is 3. The lowest BCUT2D eigenvalue weighted by molar-refractivity contribution is 0.669. The number of nitrogens with zero attached hydrogens (tertiary/aromatic N) is 3. The Bertz CT molecular complexity index is 3150. The lowest BCUT2D eigenvalue weighted by Crippen LogP contribution is -2.04. The molecule has 0 saturated carbocycles. The molecule has 11 aromatic rings. The first-order chi connectivity index (χ1) is 24.8. The normalized spacial score (nSPS) is 12.0. The predicted octanol–water partition coefficient (Wildman–Crippen LogP) is 12.3. The minimum atomic E-state index is 0.641. The highest BCUT2D eigenvalue weighted by atomic mass is 16.3. The quantitative estimate of drug-likeness (QED) is 0.194. The Morgan fingerprint density at radius 1 is 0.420 bits per heavy atom. The van der Waals surface area contributed by atoms with Gasteiger partial charge in [-0.1, -0.05) is 140 Å². The van der Waals surface area contributed by atoms with Crippen molar-refractivity contribution >= 4 is 76.2 Å². The van der Waals surface area contributed by atoms with Crippen molar-refractivity contribution in [3.8, 4) is 28.3 Å². The molecule has 0 bridgehead atoms. The molecule has 50 heavy (non-hydrogen) atoms. The molecule has 3 aromatic heterocycles. The second-order valence-electron chi connectivity index (χ2n) is 12.9. The van der Waals surface area contributed by atoms with Gasteiger partial charge in [0, 0.05) is 43.4 Å². The molecule has 232 valence electrons. The van der Waals surface area contributed by atoms with Crippen LogP contribution in [0.3, 0.4) is 0 Å². The van der Waals surface area contributed by atoms with Crippen molar-refractivity contribution in [2.45, 2.75) is 0 Å². The van der Waals surface area contributed by atoms with Gasteiger partial charge in [0.25, 0.3) is 0 Å². The van der Waals surface area contributed by atoms with Crippen LogP contribution in [0.1, 0.15) is 0 Å². The molecule has 0 spiro atoms. The van der Waals surface area contributed by atoms with Crippen LogP contribution in [0.5, 0.6) is 0 Å². The van der Waals surface area contributed by atoms with Crippen molar-refractivity contribution in [3.05, 3.63) is 164 Å². The number of aromatic nitrogens is 3. The van der Waals surface area contributed by atoms with Crippen LogP contribution in [0.15, 0.2) is 168 Å². The largest absolute Gasteiger partial charge is 0.456 e. The van der Waals surface area contributed by atoms with Gasteiger partial charge in [-0.15, -0.1) is 0 Å². The summed E-state index contributed by atoms with van der Waals surface area (Å²) < 4.78 is 8.84. The fourth-order valence-electron chi connectivity index (χ4n) is 7.95. The van der Waals surface area contributed by atoms with Gasteiger partial charge < -0.3 is 4.42 Å². The second-order valence-corrected chi connectivity index (χ2v) is 12.9. The Morgan fingerprint density at radius 2 is 1.10 bits per heavy atom. The molecular formula is C46H27N3O. The number of fused-ring (bicyclic) bond motifs is 11. The van der Waals surface area contributed by atoms with E-state index >= 15 is 0 Å². The molecule has 0 aliphatic heterocycles. The minimum Gasteiger partial charge on any atom is -0.456 e. The Kier molecular flexibility index (Phi) is 5.63. The van der Waals surface area contributed by atoms with E-state index in [9.17, 15) is 0 Å². The van der Waals surface area contributed by atoms with Gasteiger partial charge in [0.05, 0.1) is 22.2 Å². The zero-order valence-corrected chi connectivity index (χ0v) is 26.8. The fourth-order valence-corrected chi connectivity index (χ4v) is 7.95. The van der Waals surface area contributed by atoms with E-state index in [1.54, 1.807) is 0 Å². The maximum absolute atomic E-state index is 6.55. The van der Waals surface area contributed by atoms with Crippen molar-refractivity contribution < 1.29 is 4.42 Å². The van der Waals surface area contributed by atoms with E-state index in [1.807, 2.05) is 12.1 Å². The highest BCUT2D eigenvalue weighted by Crippen LogP contribution is 2.43. The van der Waals surface area contributed by atoms with Crippen LogP contribution in [0.4, 0.5) is 0 Å². The predicted molar refractivity (Wildman–Crippen MR) is 207 cm³/mol. The van der Waals surface area contributed by atoms with E-state index in [0.29, 0.717) is 5.95 Å². The summed E-state index contributed by atoms with van der Waals surface area (Å²) in [5.41, 5.74) is 8.96. The van der Waals surface area contributed by atoms with Crippen molar-refractivity contribution in [3.63, 3.8) is 0 Å². The summed E-state index contributed by atoms with van der Waals surface area (Å²) >= 11 is 0. The molecule has 0 fully saturated rings. The minimum absolute atomic E-state index is 0.641. The van der Waals surface area contributed by atoms with Crippen LogP contribution in [0.2, 0.25) is 0 Å². The SMILES string of the molecule is c1ccc(-c2nc(-n3c4c(-c5ccc6c(c5)oc5ccc7ccccc7c56)cccc4c4ccc5ccccc5c43)nc3ccccc23)cc1. The zero-order valence-electron chi connectivity index (χ0n) is 26.8. The molecule has 0 N–H and O–H groups in total. The van der Waals surface area contributed by atoms with Gasteiger partial charge in [0.1, 0.15) is 11.2 Å². The Morgan fingerprint density at radius 3 is 1.98 bits per heavy atom. The summed E-state index contributed by atoms with van der Waals surface area (Å²) in [5, 5.41) is 10.3. The first-order valence-corrected chi connectivity index (χ1v) is 16.9. The highest BCUT2D eigenvalue weighted by molar-refractivity contribution is 6.22. The molecule has 0 amide bonds. The van der Waals surface area contributed by atoms with E-state index < -0.39 is 0 Å². The third-order valence-electron chi connectivity index (χ3n) is 10.2. The van der Waals surface area contributed by atoms with Gasteiger partial charge in [-0.25, -0.2) is 9.97 Å². The molecule has 0 atom stereocenters. The van der Waals surface area contributed by atoms with Gasteiger partial charge in [-0.2, -0.15) is 0 Å². The second kappa shape index (κ2) is 10.4. The third kappa shape index (κ3) is 3.87. The van der Waals surface area contributed by atoms with Crippen molar-refractivity contribution in [2.24, 2.45) is 0 Å². The average molecular weight is 638 g/mol. The van der Waals surface area contributed by atoms with Gasteiger partial charge in [0.15, 0.2) is 0 Å². The van der Waals surface area contributed by atoms with E-state index in [-0.39, 0.29) is 0 Å². The van der Waals surface area contributed by atoms with Gasteiger partial charge in [-0.3, -0.25) is 4.57 Å². The molecule has 4 nitrogen and oxygen atoms in total. The summed E-state index contributed by atoms with van der Waals surface area (Å²) in [7, 11) is 0. The lowest BCUT2D eigenvalue weighted by Gasteiger charge is -2.14. The molecule has 0 unspecified atom stereocenters. The molecule has 11 rings (SSSR count). The number of para-hydroxylation sites is 2. The molecule has 0 aliphatic rings. The van der Waals surface area contributed by atoms with Gasteiger partial charge in [-0.05, 0) is 46.0 Å². The third-order valence-corrected chi connectivity index (χ3v) is 10.2. The van der Waals surface area contributed by atoms with Crippen LogP contribution in [0, 0.1) is 0 Å². The van der Waals surface area contributed by atoms with E-state index in [2.05, 4.69) is 156 Å². The molecular weight excluding hydrogens is 611 g/mol. The summed E-state index contributed by atoms with van der Waals surface area (Å²) in [6.45, 7) is 0. The Labute approximate surface area is 286 Å². The monoisotopic (exact) mass is 637 g/mol. The molecule has 8 aromatic carbocycles. The zero-order chi connectivity index (χ0) is 32.8. The van der Waals surface area contributed by atoms with E-state index in [4.69, 9.17) is 14.4 Å². The summed E-state index contributed by atoms with van der Waals surface area (Å²) in [4.78, 5) is 10.7. The Balaban J connectivity index is 1.26. The van der Waals surface area contributed by atoms with Crippen LogP contribution in [-0.2, 0) is 0 Å². The summed E-state index contributed by atoms with van der Waals surface area (Å²) in [5.74, 6) is 0.641. The summed E-state index contributed by atoms with van der Waals surface area (Å²) in [6, 6.07) is 57.7. The molecule has 0 aliphatic carbocycles. The average Bonchev–Trinajstić information content (AvgIpc) is 3.74. The van der Waals surface area contributed by atoms with Crippen molar-refractivity contribution in [2.75, 3.05) is 0 Å². The van der Waals surface area contributed by atoms with Crippen molar-refractivity contribution in [1.29, 1.82) is 0 Å². The fraction of sp³-hybridized carbons (Fsp3) is 0. The van der Waals surface area contributed by atoms with Crippen molar-refractivity contribution in [1.82, 2.24) is 14.5 Å². The molecule has 4 heteroatoms.